The van der Waals surface area contributed by atoms with Crippen molar-refractivity contribution in [2.45, 2.75) is 97.8 Å². The van der Waals surface area contributed by atoms with Crippen LogP contribution in [-0.2, 0) is 9.53 Å². The van der Waals surface area contributed by atoms with Gasteiger partial charge >= 0.3 is 0 Å². The van der Waals surface area contributed by atoms with Crippen LogP contribution in [0.15, 0.2) is 0 Å². The lowest BCUT2D eigenvalue weighted by Gasteiger charge is -2.58. The number of carbonyl (C=O) groups excluding carboxylic acids is 1. The molecule has 0 aromatic heterocycles. The molecular weight excluding hydrogens is 300 g/mol. The maximum absolute atomic E-state index is 12.8. The summed E-state index contributed by atoms with van der Waals surface area (Å²) in [6.07, 6.45) is 6.48. The van der Waals surface area contributed by atoms with E-state index in [-0.39, 0.29) is 23.5 Å². The smallest absolute Gasteiger partial charge is 0.241 e. The fraction of sp³-hybridized carbons (Fsp3) is 0.950. The van der Waals surface area contributed by atoms with Gasteiger partial charge in [-0.2, -0.15) is 0 Å². The Morgan fingerprint density at radius 1 is 1.21 bits per heavy atom. The summed E-state index contributed by atoms with van der Waals surface area (Å²) < 4.78 is 5.73. The van der Waals surface area contributed by atoms with E-state index in [9.17, 15) is 4.79 Å². The van der Waals surface area contributed by atoms with E-state index in [1.165, 1.54) is 19.3 Å². The molecule has 2 atom stereocenters. The molecule has 2 saturated carbocycles. The molecule has 0 aromatic carbocycles. The second-order valence-electron chi connectivity index (χ2n) is 9.21. The first-order valence-electron chi connectivity index (χ1n) is 9.80. The highest BCUT2D eigenvalue weighted by atomic mass is 16.5. The summed E-state index contributed by atoms with van der Waals surface area (Å²) in [6, 6.07) is 0.281. The maximum atomic E-state index is 12.8. The van der Waals surface area contributed by atoms with Crippen molar-refractivity contribution in [2.75, 3.05) is 6.61 Å². The molecule has 2 aliphatic carbocycles. The van der Waals surface area contributed by atoms with Gasteiger partial charge in [0.05, 0.1) is 6.10 Å². The monoisotopic (exact) mass is 338 g/mol. The Hall–Kier alpha value is -0.610. The molecular formula is C20H38N2O2. The fourth-order valence-electron chi connectivity index (χ4n) is 4.44. The Bertz CT molecular complexity index is 453. The Kier molecular flexibility index (Phi) is 5.71. The van der Waals surface area contributed by atoms with Crippen LogP contribution in [0.5, 0.6) is 0 Å². The number of nitrogens with one attached hydrogen (secondary N) is 1. The predicted molar refractivity (Wildman–Crippen MR) is 98.7 cm³/mol. The Labute approximate surface area is 148 Å². The van der Waals surface area contributed by atoms with Crippen molar-refractivity contribution in [1.82, 2.24) is 5.32 Å². The van der Waals surface area contributed by atoms with Crippen LogP contribution in [-0.4, -0.2) is 30.2 Å². The third-order valence-electron chi connectivity index (χ3n) is 7.31. The van der Waals surface area contributed by atoms with Gasteiger partial charge in [-0.1, -0.05) is 41.0 Å². The number of hydrogen-bond acceptors (Lipinski definition) is 3. The molecule has 0 aliphatic heterocycles. The zero-order valence-corrected chi connectivity index (χ0v) is 16.6. The number of nitrogens with two attached hydrogens (primary N) is 1. The van der Waals surface area contributed by atoms with Crippen LogP contribution in [0.1, 0.15) is 80.1 Å². The maximum Gasteiger partial charge on any atom is 0.241 e. The van der Waals surface area contributed by atoms with Gasteiger partial charge in [-0.25, -0.2) is 0 Å². The molecule has 2 rings (SSSR count). The minimum Gasteiger partial charge on any atom is -0.378 e. The predicted octanol–water partition coefficient (Wildman–Crippen LogP) is 3.63. The van der Waals surface area contributed by atoms with Crippen LogP contribution in [0.4, 0.5) is 0 Å². The third kappa shape index (κ3) is 3.37. The van der Waals surface area contributed by atoms with Crippen LogP contribution >= 0.6 is 0 Å². The normalized spacial score (nSPS) is 36.0. The van der Waals surface area contributed by atoms with E-state index in [2.05, 4.69) is 39.9 Å². The van der Waals surface area contributed by atoms with Gasteiger partial charge < -0.3 is 15.8 Å². The number of hydrogen-bond donors (Lipinski definition) is 2. The summed E-state index contributed by atoms with van der Waals surface area (Å²) in [7, 11) is 0. The van der Waals surface area contributed by atoms with Crippen molar-refractivity contribution in [3.63, 3.8) is 0 Å². The van der Waals surface area contributed by atoms with Gasteiger partial charge in [-0.05, 0) is 43.9 Å². The zero-order chi connectivity index (χ0) is 18.2. The Balaban J connectivity index is 1.88. The van der Waals surface area contributed by atoms with Gasteiger partial charge in [-0.15, -0.1) is 0 Å². The van der Waals surface area contributed by atoms with E-state index < -0.39 is 5.54 Å². The molecule has 0 heterocycles. The van der Waals surface area contributed by atoms with Gasteiger partial charge in [0, 0.05) is 24.5 Å². The summed E-state index contributed by atoms with van der Waals surface area (Å²) in [6.45, 7) is 13.8. The summed E-state index contributed by atoms with van der Waals surface area (Å²) >= 11 is 0. The van der Waals surface area contributed by atoms with Gasteiger partial charge in [0.2, 0.25) is 5.91 Å². The first-order valence-corrected chi connectivity index (χ1v) is 9.80. The molecule has 0 aromatic rings. The number of amides is 1. The summed E-state index contributed by atoms with van der Waals surface area (Å²) in [4.78, 5) is 12.8. The minimum absolute atomic E-state index is 0.0154. The standard InChI is InChI=1S/C20H38N2O2/c1-7-18(3,4)14-9-11-15(12-10-14)22-17(23)20(21)13-16(24-8-2)19(20,5)6/h14-16H,7-13,21H2,1-6H3,(H,22,23). The molecule has 0 bridgehead atoms. The molecule has 4 nitrogen and oxygen atoms in total. The third-order valence-corrected chi connectivity index (χ3v) is 7.31. The molecule has 3 N–H and O–H groups in total. The van der Waals surface area contributed by atoms with Crippen LogP contribution in [0.25, 0.3) is 0 Å². The second-order valence-corrected chi connectivity index (χ2v) is 9.21. The molecule has 1 amide bonds. The highest BCUT2D eigenvalue weighted by Gasteiger charge is 2.63. The largest absolute Gasteiger partial charge is 0.378 e. The van der Waals surface area contributed by atoms with Crippen molar-refractivity contribution < 1.29 is 9.53 Å². The van der Waals surface area contributed by atoms with Gasteiger partial charge in [0.1, 0.15) is 5.54 Å². The molecule has 4 heteroatoms. The molecule has 2 unspecified atom stereocenters. The van der Waals surface area contributed by atoms with E-state index in [0.29, 0.717) is 18.4 Å². The number of ether oxygens (including phenoxy) is 1. The second kappa shape index (κ2) is 6.95. The van der Waals surface area contributed by atoms with E-state index in [0.717, 1.165) is 18.8 Å². The first-order chi connectivity index (χ1) is 11.1. The van der Waals surface area contributed by atoms with Crippen molar-refractivity contribution in [2.24, 2.45) is 22.5 Å². The van der Waals surface area contributed by atoms with Crippen LogP contribution in [0.3, 0.4) is 0 Å². The first kappa shape index (κ1) is 19.7. The molecule has 2 aliphatic rings. The lowest BCUT2D eigenvalue weighted by molar-refractivity contribution is -0.171. The molecule has 0 saturated heterocycles. The number of carbonyl (C=O) groups is 1. The van der Waals surface area contributed by atoms with Gasteiger partial charge in [0.15, 0.2) is 0 Å². The van der Waals surface area contributed by atoms with E-state index in [1.807, 2.05) is 6.92 Å². The van der Waals surface area contributed by atoms with E-state index in [4.69, 9.17) is 10.5 Å². The van der Waals surface area contributed by atoms with Gasteiger partial charge in [-0.3, -0.25) is 4.79 Å². The van der Waals surface area contributed by atoms with E-state index in [1.54, 1.807) is 0 Å². The van der Waals surface area contributed by atoms with Crippen molar-refractivity contribution >= 4 is 5.91 Å². The van der Waals surface area contributed by atoms with Crippen molar-refractivity contribution in [1.29, 1.82) is 0 Å². The fourth-order valence-corrected chi connectivity index (χ4v) is 4.44. The summed E-state index contributed by atoms with van der Waals surface area (Å²) in [5.74, 6) is 0.784. The highest BCUT2D eigenvalue weighted by Crippen LogP contribution is 2.50. The van der Waals surface area contributed by atoms with Crippen LogP contribution in [0.2, 0.25) is 0 Å². The molecule has 0 spiro atoms. The van der Waals surface area contributed by atoms with Gasteiger partial charge in [0.25, 0.3) is 0 Å². The molecule has 140 valence electrons. The summed E-state index contributed by atoms with van der Waals surface area (Å²) in [5, 5.41) is 3.25. The topological polar surface area (TPSA) is 64.3 Å². The lowest BCUT2D eigenvalue weighted by atomic mass is 9.54. The summed E-state index contributed by atoms with van der Waals surface area (Å²) in [5.41, 5.74) is 5.79. The van der Waals surface area contributed by atoms with E-state index >= 15 is 0 Å². The average Bonchev–Trinajstić information content (AvgIpc) is 2.54. The lowest BCUT2D eigenvalue weighted by Crippen LogP contribution is -2.76. The van der Waals surface area contributed by atoms with Crippen LogP contribution < -0.4 is 11.1 Å². The van der Waals surface area contributed by atoms with Crippen molar-refractivity contribution in [3.05, 3.63) is 0 Å². The quantitative estimate of drug-likeness (QED) is 0.777. The average molecular weight is 339 g/mol. The molecule has 24 heavy (non-hydrogen) atoms. The highest BCUT2D eigenvalue weighted by molar-refractivity contribution is 5.89. The Morgan fingerprint density at radius 3 is 2.25 bits per heavy atom. The SMILES string of the molecule is CCOC1CC(N)(C(=O)NC2CCC(C(C)(C)CC)CC2)C1(C)C. The molecule has 2 fully saturated rings. The van der Waals surface area contributed by atoms with Crippen LogP contribution in [0, 0.1) is 16.7 Å². The zero-order valence-electron chi connectivity index (χ0n) is 16.6. The minimum atomic E-state index is -0.799. The molecule has 0 radical (unpaired) electrons. The Morgan fingerprint density at radius 2 is 1.79 bits per heavy atom. The van der Waals surface area contributed by atoms with Crippen molar-refractivity contribution in [3.8, 4) is 0 Å². The number of rotatable bonds is 6.